The van der Waals surface area contributed by atoms with Gasteiger partial charge in [0.25, 0.3) is 0 Å². The Morgan fingerprint density at radius 2 is 1.85 bits per heavy atom. The van der Waals surface area contributed by atoms with Crippen molar-refractivity contribution in [2.75, 3.05) is 13.7 Å². The van der Waals surface area contributed by atoms with Gasteiger partial charge in [-0.15, -0.1) is 0 Å². The van der Waals surface area contributed by atoms with Crippen molar-refractivity contribution < 1.29 is 4.74 Å². The van der Waals surface area contributed by atoms with Crippen LogP contribution < -0.4 is 10.1 Å². The predicted octanol–water partition coefficient (Wildman–Crippen LogP) is 4.78. The van der Waals surface area contributed by atoms with E-state index in [0.717, 1.165) is 35.5 Å². The van der Waals surface area contributed by atoms with E-state index in [2.05, 4.69) is 18.3 Å². The standard InChI is InChI=1S/C16H17Cl2NO/c1-3-19-10-11-4-6-13(15(18)8-11)14-9-12(17)5-7-16(14)20-2/h4-9,19H,3,10H2,1-2H3. The zero-order valence-corrected chi connectivity index (χ0v) is 13.1. The van der Waals surface area contributed by atoms with E-state index in [1.165, 1.54) is 0 Å². The second kappa shape index (κ2) is 6.98. The van der Waals surface area contributed by atoms with Gasteiger partial charge in [0.1, 0.15) is 5.75 Å². The first-order valence-electron chi connectivity index (χ1n) is 6.48. The SMILES string of the molecule is CCNCc1ccc(-c2cc(Cl)ccc2OC)c(Cl)c1. The third-order valence-corrected chi connectivity index (χ3v) is 3.61. The third kappa shape index (κ3) is 3.45. The molecule has 0 aliphatic carbocycles. The van der Waals surface area contributed by atoms with Gasteiger partial charge in [-0.3, -0.25) is 0 Å². The molecule has 0 bridgehead atoms. The average Bonchev–Trinajstić information content (AvgIpc) is 2.45. The van der Waals surface area contributed by atoms with Gasteiger partial charge >= 0.3 is 0 Å². The van der Waals surface area contributed by atoms with Crippen molar-refractivity contribution in [3.8, 4) is 16.9 Å². The highest BCUT2D eigenvalue weighted by molar-refractivity contribution is 6.34. The Hall–Kier alpha value is -1.22. The summed E-state index contributed by atoms with van der Waals surface area (Å²) in [5, 5.41) is 4.63. The largest absolute Gasteiger partial charge is 0.496 e. The first-order chi connectivity index (χ1) is 9.65. The van der Waals surface area contributed by atoms with E-state index >= 15 is 0 Å². The highest BCUT2D eigenvalue weighted by Crippen LogP contribution is 2.36. The number of benzene rings is 2. The van der Waals surface area contributed by atoms with Crippen LogP contribution >= 0.6 is 23.2 Å². The van der Waals surface area contributed by atoms with E-state index in [1.807, 2.05) is 24.3 Å². The summed E-state index contributed by atoms with van der Waals surface area (Å²) in [6.07, 6.45) is 0. The van der Waals surface area contributed by atoms with Gasteiger partial charge in [-0.25, -0.2) is 0 Å². The Morgan fingerprint density at radius 1 is 1.05 bits per heavy atom. The quantitative estimate of drug-likeness (QED) is 0.858. The van der Waals surface area contributed by atoms with E-state index < -0.39 is 0 Å². The van der Waals surface area contributed by atoms with Crippen LogP contribution in [0.2, 0.25) is 10.0 Å². The van der Waals surface area contributed by atoms with Gasteiger partial charge < -0.3 is 10.1 Å². The van der Waals surface area contributed by atoms with Crippen LogP contribution in [0.25, 0.3) is 11.1 Å². The van der Waals surface area contributed by atoms with Crippen molar-refractivity contribution in [2.24, 2.45) is 0 Å². The molecule has 1 N–H and O–H groups in total. The Balaban J connectivity index is 2.40. The fourth-order valence-corrected chi connectivity index (χ4v) is 2.52. The Kier molecular flexibility index (Phi) is 5.30. The molecule has 20 heavy (non-hydrogen) atoms. The Labute approximate surface area is 129 Å². The highest BCUT2D eigenvalue weighted by Gasteiger charge is 2.10. The van der Waals surface area contributed by atoms with Crippen LogP contribution in [0.4, 0.5) is 0 Å². The number of rotatable bonds is 5. The molecular formula is C16H17Cl2NO. The van der Waals surface area contributed by atoms with Crippen LogP contribution in [0.1, 0.15) is 12.5 Å². The molecule has 0 aromatic heterocycles. The summed E-state index contributed by atoms with van der Waals surface area (Å²) in [6, 6.07) is 11.6. The minimum Gasteiger partial charge on any atom is -0.496 e. The fourth-order valence-electron chi connectivity index (χ4n) is 2.05. The molecule has 0 spiro atoms. The molecule has 0 saturated carbocycles. The second-order valence-corrected chi connectivity index (χ2v) is 5.28. The van der Waals surface area contributed by atoms with E-state index in [4.69, 9.17) is 27.9 Å². The second-order valence-electron chi connectivity index (χ2n) is 4.44. The summed E-state index contributed by atoms with van der Waals surface area (Å²) in [5.41, 5.74) is 2.98. The smallest absolute Gasteiger partial charge is 0.126 e. The van der Waals surface area contributed by atoms with E-state index in [1.54, 1.807) is 13.2 Å². The number of nitrogens with one attached hydrogen (secondary N) is 1. The molecule has 0 heterocycles. The lowest BCUT2D eigenvalue weighted by Gasteiger charge is -2.12. The summed E-state index contributed by atoms with van der Waals surface area (Å²) < 4.78 is 5.38. The van der Waals surface area contributed by atoms with Gasteiger partial charge in [0.05, 0.1) is 7.11 Å². The van der Waals surface area contributed by atoms with Gasteiger partial charge in [0.15, 0.2) is 0 Å². The maximum absolute atomic E-state index is 6.40. The average molecular weight is 310 g/mol. The lowest BCUT2D eigenvalue weighted by atomic mass is 10.0. The van der Waals surface area contributed by atoms with Crippen molar-refractivity contribution in [3.63, 3.8) is 0 Å². The molecule has 0 atom stereocenters. The number of ether oxygens (including phenoxy) is 1. The molecule has 2 aromatic rings. The molecule has 106 valence electrons. The van der Waals surface area contributed by atoms with Crippen LogP contribution in [0.3, 0.4) is 0 Å². The van der Waals surface area contributed by atoms with Crippen molar-refractivity contribution in [2.45, 2.75) is 13.5 Å². The molecule has 4 heteroatoms. The van der Waals surface area contributed by atoms with E-state index in [-0.39, 0.29) is 0 Å². The first kappa shape index (κ1) is 15.2. The van der Waals surface area contributed by atoms with Gasteiger partial charge in [-0.05, 0) is 36.4 Å². The van der Waals surface area contributed by atoms with Crippen LogP contribution in [-0.4, -0.2) is 13.7 Å². The van der Waals surface area contributed by atoms with Crippen LogP contribution in [0.15, 0.2) is 36.4 Å². The van der Waals surface area contributed by atoms with Crippen molar-refractivity contribution in [3.05, 3.63) is 52.0 Å². The highest BCUT2D eigenvalue weighted by atomic mass is 35.5. The molecule has 0 fully saturated rings. The minimum absolute atomic E-state index is 0.661. The molecule has 0 aliphatic heterocycles. The summed E-state index contributed by atoms with van der Waals surface area (Å²) in [5.74, 6) is 0.760. The maximum atomic E-state index is 6.40. The van der Waals surface area contributed by atoms with Crippen LogP contribution in [-0.2, 0) is 6.54 Å². The lowest BCUT2D eigenvalue weighted by molar-refractivity contribution is 0.416. The molecule has 2 rings (SSSR count). The summed E-state index contributed by atoms with van der Waals surface area (Å²) in [7, 11) is 1.64. The molecule has 0 amide bonds. The number of halogens is 2. The predicted molar refractivity (Wildman–Crippen MR) is 85.8 cm³/mol. The van der Waals surface area contributed by atoms with Crippen LogP contribution in [0, 0.1) is 0 Å². The first-order valence-corrected chi connectivity index (χ1v) is 7.24. The number of methoxy groups -OCH3 is 1. The topological polar surface area (TPSA) is 21.3 Å². The van der Waals surface area contributed by atoms with Gasteiger partial charge in [0, 0.05) is 27.7 Å². The van der Waals surface area contributed by atoms with Gasteiger partial charge in [0.2, 0.25) is 0 Å². The zero-order chi connectivity index (χ0) is 14.5. The monoisotopic (exact) mass is 309 g/mol. The van der Waals surface area contributed by atoms with Gasteiger partial charge in [-0.1, -0.05) is 42.3 Å². The van der Waals surface area contributed by atoms with Gasteiger partial charge in [-0.2, -0.15) is 0 Å². The molecular weight excluding hydrogens is 293 g/mol. The zero-order valence-electron chi connectivity index (χ0n) is 11.5. The van der Waals surface area contributed by atoms with Crippen molar-refractivity contribution in [1.82, 2.24) is 5.32 Å². The Morgan fingerprint density at radius 3 is 2.50 bits per heavy atom. The Bertz CT molecular complexity index is 599. The normalized spacial score (nSPS) is 10.6. The minimum atomic E-state index is 0.661. The molecule has 2 aromatic carbocycles. The van der Waals surface area contributed by atoms with Crippen LogP contribution in [0.5, 0.6) is 5.75 Å². The summed E-state index contributed by atoms with van der Waals surface area (Å²) >= 11 is 12.5. The maximum Gasteiger partial charge on any atom is 0.126 e. The fraction of sp³-hybridized carbons (Fsp3) is 0.250. The molecule has 0 unspecified atom stereocenters. The summed E-state index contributed by atoms with van der Waals surface area (Å²) in [6.45, 7) is 3.82. The molecule has 2 nitrogen and oxygen atoms in total. The van der Waals surface area contributed by atoms with E-state index in [9.17, 15) is 0 Å². The third-order valence-electron chi connectivity index (χ3n) is 3.06. The summed E-state index contributed by atoms with van der Waals surface area (Å²) in [4.78, 5) is 0. The van der Waals surface area contributed by atoms with Crippen molar-refractivity contribution in [1.29, 1.82) is 0 Å². The molecule has 0 radical (unpaired) electrons. The molecule has 0 aliphatic rings. The van der Waals surface area contributed by atoms with E-state index in [0.29, 0.717) is 10.0 Å². The van der Waals surface area contributed by atoms with Crippen molar-refractivity contribution >= 4 is 23.2 Å². The number of hydrogen-bond acceptors (Lipinski definition) is 2. The molecule has 0 saturated heterocycles. The lowest BCUT2D eigenvalue weighted by Crippen LogP contribution is -2.11. The number of hydrogen-bond donors (Lipinski definition) is 1.